The van der Waals surface area contributed by atoms with Crippen molar-refractivity contribution in [3.8, 4) is 22.8 Å². The van der Waals surface area contributed by atoms with Crippen molar-refractivity contribution in [1.29, 1.82) is 0 Å². The van der Waals surface area contributed by atoms with Crippen LogP contribution in [0.1, 0.15) is 12.5 Å². The minimum Gasteiger partial charge on any atom is -0.493 e. The molecule has 1 heterocycles. The molecule has 2 aromatic carbocycles. The molecule has 0 spiro atoms. The average Bonchev–Trinajstić information content (AvgIpc) is 3.18. The van der Waals surface area contributed by atoms with Crippen LogP contribution in [0.5, 0.6) is 11.5 Å². The van der Waals surface area contributed by atoms with Crippen LogP contribution >= 0.6 is 11.3 Å². The zero-order valence-electron chi connectivity index (χ0n) is 15.3. The molecule has 28 heavy (non-hydrogen) atoms. The van der Waals surface area contributed by atoms with Crippen LogP contribution in [-0.2, 0) is 0 Å². The third kappa shape index (κ3) is 4.44. The monoisotopic (exact) mass is 398 g/mol. The van der Waals surface area contributed by atoms with Crippen molar-refractivity contribution in [2.75, 3.05) is 19.1 Å². The van der Waals surface area contributed by atoms with Crippen molar-refractivity contribution in [2.45, 2.75) is 6.92 Å². The molecule has 0 amide bonds. The van der Waals surface area contributed by atoms with Crippen molar-refractivity contribution in [2.24, 2.45) is 5.10 Å². The number of ether oxygens (including phenoxy) is 2. The molecule has 0 radical (unpaired) electrons. The maximum Gasteiger partial charge on any atom is 0.315 e. The summed E-state index contributed by atoms with van der Waals surface area (Å²) in [5.74, 6) is 0.380. The van der Waals surface area contributed by atoms with Crippen molar-refractivity contribution >= 4 is 28.4 Å². The zero-order valence-corrected chi connectivity index (χ0v) is 16.1. The summed E-state index contributed by atoms with van der Waals surface area (Å²) < 4.78 is 10.6. The Bertz CT molecular complexity index is 989. The van der Waals surface area contributed by atoms with E-state index in [0.29, 0.717) is 17.3 Å². The summed E-state index contributed by atoms with van der Waals surface area (Å²) in [6, 6.07) is 12.8. The van der Waals surface area contributed by atoms with Gasteiger partial charge in [-0.1, -0.05) is 30.3 Å². The Morgan fingerprint density at radius 2 is 2.11 bits per heavy atom. The van der Waals surface area contributed by atoms with E-state index in [-0.39, 0.29) is 17.2 Å². The van der Waals surface area contributed by atoms with Gasteiger partial charge in [-0.15, -0.1) is 11.3 Å². The van der Waals surface area contributed by atoms with Crippen LogP contribution in [0.25, 0.3) is 11.3 Å². The number of methoxy groups -OCH3 is 1. The molecule has 0 aliphatic heterocycles. The highest BCUT2D eigenvalue weighted by Crippen LogP contribution is 2.38. The Kier molecular flexibility index (Phi) is 6.18. The first kappa shape index (κ1) is 19.3. The van der Waals surface area contributed by atoms with E-state index >= 15 is 0 Å². The standard InChI is InChI=1S/C19H18N4O4S/c1-3-27-18-16(23(24)25)9-13(10-17(18)26-2)11-20-22-19-21-15(12-28-19)14-7-5-4-6-8-14/h4-12H,3H2,1-2H3,(H,21,22)/b20-11-. The highest BCUT2D eigenvalue weighted by molar-refractivity contribution is 7.14. The average molecular weight is 398 g/mol. The lowest BCUT2D eigenvalue weighted by Gasteiger charge is -2.10. The van der Waals surface area contributed by atoms with Gasteiger partial charge in [0.15, 0.2) is 5.75 Å². The molecule has 0 bridgehead atoms. The molecule has 0 aliphatic carbocycles. The molecule has 1 aromatic heterocycles. The van der Waals surface area contributed by atoms with E-state index in [9.17, 15) is 10.1 Å². The van der Waals surface area contributed by atoms with E-state index in [1.54, 1.807) is 13.0 Å². The highest BCUT2D eigenvalue weighted by Gasteiger charge is 2.21. The van der Waals surface area contributed by atoms with E-state index in [1.165, 1.54) is 30.7 Å². The number of nitrogens with one attached hydrogen (secondary N) is 1. The summed E-state index contributed by atoms with van der Waals surface area (Å²) in [6.07, 6.45) is 1.47. The number of anilines is 1. The summed E-state index contributed by atoms with van der Waals surface area (Å²) in [6.45, 7) is 2.04. The summed E-state index contributed by atoms with van der Waals surface area (Å²) in [5, 5.41) is 18.0. The Balaban J connectivity index is 1.78. The second kappa shape index (κ2) is 8.96. The fraction of sp³-hybridized carbons (Fsp3) is 0.158. The lowest BCUT2D eigenvalue weighted by molar-refractivity contribution is -0.385. The molecule has 3 rings (SSSR count). The second-order valence-corrected chi connectivity index (χ2v) is 6.39. The van der Waals surface area contributed by atoms with Crippen LogP contribution in [0.2, 0.25) is 0 Å². The van der Waals surface area contributed by atoms with Gasteiger partial charge in [0.2, 0.25) is 10.9 Å². The molecular weight excluding hydrogens is 380 g/mol. The van der Waals surface area contributed by atoms with Gasteiger partial charge in [-0.05, 0) is 13.0 Å². The fourth-order valence-electron chi connectivity index (χ4n) is 2.49. The normalized spacial score (nSPS) is 10.8. The van der Waals surface area contributed by atoms with Crippen molar-refractivity contribution in [1.82, 2.24) is 4.98 Å². The van der Waals surface area contributed by atoms with Gasteiger partial charge >= 0.3 is 5.69 Å². The van der Waals surface area contributed by atoms with Crippen molar-refractivity contribution in [3.63, 3.8) is 0 Å². The summed E-state index contributed by atoms with van der Waals surface area (Å²) >= 11 is 1.42. The van der Waals surface area contributed by atoms with Gasteiger partial charge in [0.1, 0.15) is 0 Å². The van der Waals surface area contributed by atoms with Gasteiger partial charge in [0.25, 0.3) is 0 Å². The first-order chi connectivity index (χ1) is 13.6. The van der Waals surface area contributed by atoms with Crippen molar-refractivity contribution < 1.29 is 14.4 Å². The zero-order chi connectivity index (χ0) is 19.9. The third-order valence-corrected chi connectivity index (χ3v) is 4.46. The predicted molar refractivity (Wildman–Crippen MR) is 110 cm³/mol. The number of hydrogen-bond acceptors (Lipinski definition) is 8. The van der Waals surface area contributed by atoms with Crippen LogP contribution in [0.4, 0.5) is 10.8 Å². The van der Waals surface area contributed by atoms with E-state index < -0.39 is 4.92 Å². The van der Waals surface area contributed by atoms with Crippen LogP contribution in [0.3, 0.4) is 0 Å². The molecule has 0 saturated heterocycles. The fourth-order valence-corrected chi connectivity index (χ4v) is 3.16. The Morgan fingerprint density at radius 1 is 1.32 bits per heavy atom. The topological polar surface area (TPSA) is 98.9 Å². The molecule has 0 unspecified atom stereocenters. The van der Waals surface area contributed by atoms with Crippen LogP contribution in [-0.4, -0.2) is 29.8 Å². The second-order valence-electron chi connectivity index (χ2n) is 5.54. The smallest absolute Gasteiger partial charge is 0.315 e. The van der Waals surface area contributed by atoms with E-state index in [0.717, 1.165) is 11.3 Å². The molecular formula is C19H18N4O4S. The molecule has 1 N–H and O–H groups in total. The Morgan fingerprint density at radius 3 is 2.79 bits per heavy atom. The lowest BCUT2D eigenvalue weighted by Crippen LogP contribution is -2.02. The van der Waals surface area contributed by atoms with E-state index in [2.05, 4.69) is 15.5 Å². The molecule has 8 nitrogen and oxygen atoms in total. The number of thiazole rings is 1. The van der Waals surface area contributed by atoms with Crippen LogP contribution < -0.4 is 14.9 Å². The number of hydrogen-bond donors (Lipinski definition) is 1. The number of benzene rings is 2. The molecule has 0 fully saturated rings. The summed E-state index contributed by atoms with van der Waals surface area (Å²) in [5.41, 5.74) is 5.03. The Hall–Kier alpha value is -3.46. The van der Waals surface area contributed by atoms with Gasteiger partial charge < -0.3 is 9.47 Å². The number of nitro benzene ring substituents is 1. The number of hydrazone groups is 1. The van der Waals surface area contributed by atoms with Gasteiger partial charge in [0, 0.05) is 22.6 Å². The van der Waals surface area contributed by atoms with E-state index in [1.807, 2.05) is 35.7 Å². The molecule has 0 atom stereocenters. The molecule has 9 heteroatoms. The predicted octanol–water partition coefficient (Wildman–Crippen LogP) is 4.57. The van der Waals surface area contributed by atoms with Gasteiger partial charge in [0.05, 0.1) is 30.5 Å². The maximum atomic E-state index is 11.4. The third-order valence-electron chi connectivity index (χ3n) is 3.71. The number of rotatable bonds is 8. The van der Waals surface area contributed by atoms with Crippen LogP contribution in [0.15, 0.2) is 52.9 Å². The lowest BCUT2D eigenvalue weighted by atomic mass is 10.2. The van der Waals surface area contributed by atoms with Gasteiger partial charge in [-0.3, -0.25) is 15.5 Å². The van der Waals surface area contributed by atoms with Gasteiger partial charge in [-0.25, -0.2) is 4.98 Å². The molecule has 144 valence electrons. The van der Waals surface area contributed by atoms with E-state index in [4.69, 9.17) is 9.47 Å². The summed E-state index contributed by atoms with van der Waals surface area (Å²) in [7, 11) is 1.43. The largest absolute Gasteiger partial charge is 0.493 e. The first-order valence-electron chi connectivity index (χ1n) is 8.41. The quantitative estimate of drug-likeness (QED) is 0.339. The number of nitrogens with zero attached hydrogens (tertiary/aromatic N) is 3. The minimum absolute atomic E-state index is 0.104. The summed E-state index contributed by atoms with van der Waals surface area (Å²) in [4.78, 5) is 15.3. The SMILES string of the molecule is CCOc1c(OC)cc(/C=N\Nc2nc(-c3ccccc3)cs2)cc1[N+](=O)[O-]. The van der Waals surface area contributed by atoms with Crippen molar-refractivity contribution in [3.05, 3.63) is 63.5 Å². The maximum absolute atomic E-state index is 11.4. The molecule has 3 aromatic rings. The highest BCUT2D eigenvalue weighted by atomic mass is 32.1. The number of aromatic nitrogens is 1. The first-order valence-corrected chi connectivity index (χ1v) is 9.29. The number of nitro groups is 1. The van der Waals surface area contributed by atoms with Crippen LogP contribution in [0, 0.1) is 10.1 Å². The minimum atomic E-state index is -0.509. The molecule has 0 aliphatic rings. The van der Waals surface area contributed by atoms with Gasteiger partial charge in [-0.2, -0.15) is 5.10 Å². The Labute approximate surface area is 165 Å². The molecule has 0 saturated carbocycles.